The van der Waals surface area contributed by atoms with Gasteiger partial charge in [0.2, 0.25) is 0 Å². The van der Waals surface area contributed by atoms with E-state index in [0.717, 1.165) is 18.5 Å². The number of carbonyl (C=O) groups excluding carboxylic acids is 1. The van der Waals surface area contributed by atoms with Crippen molar-refractivity contribution in [2.45, 2.75) is 20.3 Å². The molecule has 2 rings (SSSR count). The van der Waals surface area contributed by atoms with Gasteiger partial charge in [-0.05, 0) is 30.2 Å². The van der Waals surface area contributed by atoms with E-state index in [1.54, 1.807) is 0 Å². The lowest BCUT2D eigenvalue weighted by molar-refractivity contribution is 0.0939. The predicted molar refractivity (Wildman–Crippen MR) is 57.8 cm³/mol. The number of nitrogens with one attached hydrogen (secondary N) is 1. The number of rotatable bonds is 2. The molecule has 2 heteroatoms. The summed E-state index contributed by atoms with van der Waals surface area (Å²) in [6.07, 6.45) is 1.04. The molecular formula is C12H15NO. The summed E-state index contributed by atoms with van der Waals surface area (Å²) >= 11 is 0. The number of anilines is 1. The summed E-state index contributed by atoms with van der Waals surface area (Å²) < 4.78 is 0. The van der Waals surface area contributed by atoms with Crippen molar-refractivity contribution < 1.29 is 4.79 Å². The second kappa shape index (κ2) is 3.45. The number of hydrogen-bond donors (Lipinski definition) is 1. The lowest BCUT2D eigenvalue weighted by atomic mass is 9.98. The molecule has 0 atom stereocenters. The number of carbonyl (C=O) groups is 1. The molecule has 1 aromatic rings. The van der Waals surface area contributed by atoms with Crippen molar-refractivity contribution >= 4 is 11.5 Å². The molecule has 2 nitrogen and oxygen atoms in total. The highest BCUT2D eigenvalue weighted by molar-refractivity contribution is 5.98. The molecule has 0 aromatic heterocycles. The SMILES string of the molecule is CC(C)C(=O)c1ccc2c(c1)CCN2. The second-order valence-electron chi connectivity index (χ2n) is 4.07. The van der Waals surface area contributed by atoms with E-state index in [9.17, 15) is 4.79 Å². The van der Waals surface area contributed by atoms with Gasteiger partial charge < -0.3 is 5.32 Å². The Morgan fingerprint density at radius 3 is 2.93 bits per heavy atom. The Bertz CT molecular complexity index is 369. The highest BCUT2D eigenvalue weighted by Gasteiger charge is 2.15. The average molecular weight is 189 g/mol. The molecule has 14 heavy (non-hydrogen) atoms. The van der Waals surface area contributed by atoms with Gasteiger partial charge in [0.25, 0.3) is 0 Å². The van der Waals surface area contributed by atoms with E-state index >= 15 is 0 Å². The van der Waals surface area contributed by atoms with Crippen molar-refractivity contribution in [3.05, 3.63) is 29.3 Å². The first-order valence-corrected chi connectivity index (χ1v) is 5.09. The van der Waals surface area contributed by atoms with Crippen LogP contribution in [0.1, 0.15) is 29.8 Å². The zero-order chi connectivity index (χ0) is 10.1. The normalized spacial score (nSPS) is 13.9. The fourth-order valence-corrected chi connectivity index (χ4v) is 1.79. The molecule has 0 fully saturated rings. The molecule has 1 heterocycles. The van der Waals surface area contributed by atoms with Gasteiger partial charge in [-0.3, -0.25) is 4.79 Å². The van der Waals surface area contributed by atoms with Gasteiger partial charge in [0.1, 0.15) is 0 Å². The van der Waals surface area contributed by atoms with Crippen LogP contribution in [0.5, 0.6) is 0 Å². The third kappa shape index (κ3) is 1.52. The quantitative estimate of drug-likeness (QED) is 0.724. The Labute approximate surface area is 84.3 Å². The summed E-state index contributed by atoms with van der Waals surface area (Å²) in [4.78, 5) is 11.7. The fraction of sp³-hybridized carbons (Fsp3) is 0.417. The summed E-state index contributed by atoms with van der Waals surface area (Å²) in [7, 11) is 0. The Morgan fingerprint density at radius 2 is 2.21 bits per heavy atom. The minimum absolute atomic E-state index is 0.0856. The van der Waals surface area contributed by atoms with Gasteiger partial charge in [0.15, 0.2) is 5.78 Å². The number of ketones is 1. The van der Waals surface area contributed by atoms with Gasteiger partial charge in [0.05, 0.1) is 0 Å². The molecule has 0 aliphatic carbocycles. The van der Waals surface area contributed by atoms with Crippen LogP contribution in [-0.4, -0.2) is 12.3 Å². The Hall–Kier alpha value is -1.31. The van der Waals surface area contributed by atoms with Crippen molar-refractivity contribution in [1.82, 2.24) is 0 Å². The number of fused-ring (bicyclic) bond motifs is 1. The van der Waals surface area contributed by atoms with Gasteiger partial charge >= 0.3 is 0 Å². The predicted octanol–water partition coefficient (Wildman–Crippen LogP) is 2.49. The first kappa shape index (κ1) is 9.25. The van der Waals surface area contributed by atoms with Crippen LogP contribution in [0.3, 0.4) is 0 Å². The molecule has 1 aromatic carbocycles. The largest absolute Gasteiger partial charge is 0.384 e. The van der Waals surface area contributed by atoms with Crippen LogP contribution in [0.4, 0.5) is 5.69 Å². The lowest BCUT2D eigenvalue weighted by Crippen LogP contribution is -2.07. The third-order valence-corrected chi connectivity index (χ3v) is 2.62. The lowest BCUT2D eigenvalue weighted by Gasteiger charge is -2.06. The summed E-state index contributed by atoms with van der Waals surface area (Å²) in [5, 5.41) is 3.28. The van der Waals surface area contributed by atoms with E-state index in [2.05, 4.69) is 5.32 Å². The van der Waals surface area contributed by atoms with Crippen LogP contribution in [0.15, 0.2) is 18.2 Å². The number of benzene rings is 1. The molecule has 1 N–H and O–H groups in total. The van der Waals surface area contributed by atoms with Crippen molar-refractivity contribution in [2.24, 2.45) is 5.92 Å². The average Bonchev–Trinajstić information content (AvgIpc) is 2.62. The van der Waals surface area contributed by atoms with Crippen LogP contribution < -0.4 is 5.32 Å². The minimum Gasteiger partial charge on any atom is -0.384 e. The molecule has 0 radical (unpaired) electrons. The molecular weight excluding hydrogens is 174 g/mol. The number of Topliss-reactive ketones (excluding diaryl/α,β-unsaturated/α-hetero) is 1. The summed E-state index contributed by atoms with van der Waals surface area (Å²) in [6.45, 7) is 4.87. The minimum atomic E-state index is 0.0856. The molecule has 0 saturated carbocycles. The maximum atomic E-state index is 11.7. The van der Waals surface area contributed by atoms with Crippen LogP contribution in [0.25, 0.3) is 0 Å². The van der Waals surface area contributed by atoms with Gasteiger partial charge in [-0.15, -0.1) is 0 Å². The van der Waals surface area contributed by atoms with E-state index < -0.39 is 0 Å². The zero-order valence-electron chi connectivity index (χ0n) is 8.63. The first-order valence-electron chi connectivity index (χ1n) is 5.09. The van der Waals surface area contributed by atoms with E-state index in [4.69, 9.17) is 0 Å². The molecule has 1 aliphatic rings. The van der Waals surface area contributed by atoms with Crippen LogP contribution in [0.2, 0.25) is 0 Å². The van der Waals surface area contributed by atoms with Crippen LogP contribution >= 0.6 is 0 Å². The van der Waals surface area contributed by atoms with Gasteiger partial charge in [0, 0.05) is 23.7 Å². The second-order valence-corrected chi connectivity index (χ2v) is 4.07. The highest BCUT2D eigenvalue weighted by Crippen LogP contribution is 2.24. The van der Waals surface area contributed by atoms with Gasteiger partial charge in [-0.1, -0.05) is 13.8 Å². The zero-order valence-corrected chi connectivity index (χ0v) is 8.63. The molecule has 74 valence electrons. The van der Waals surface area contributed by atoms with E-state index in [0.29, 0.717) is 0 Å². The molecule has 0 bridgehead atoms. The highest BCUT2D eigenvalue weighted by atomic mass is 16.1. The van der Waals surface area contributed by atoms with E-state index in [1.807, 2.05) is 32.0 Å². The monoisotopic (exact) mass is 189 g/mol. The van der Waals surface area contributed by atoms with Crippen molar-refractivity contribution in [1.29, 1.82) is 0 Å². The van der Waals surface area contributed by atoms with Crippen LogP contribution in [0, 0.1) is 5.92 Å². The summed E-state index contributed by atoms with van der Waals surface area (Å²) in [5.74, 6) is 0.321. The van der Waals surface area contributed by atoms with Crippen molar-refractivity contribution in [2.75, 3.05) is 11.9 Å². The van der Waals surface area contributed by atoms with Crippen molar-refractivity contribution in [3.63, 3.8) is 0 Å². The third-order valence-electron chi connectivity index (χ3n) is 2.62. The Morgan fingerprint density at radius 1 is 1.43 bits per heavy atom. The molecule has 0 spiro atoms. The van der Waals surface area contributed by atoms with E-state index in [-0.39, 0.29) is 11.7 Å². The number of hydrogen-bond acceptors (Lipinski definition) is 2. The van der Waals surface area contributed by atoms with Gasteiger partial charge in [-0.2, -0.15) is 0 Å². The Kier molecular flexibility index (Phi) is 2.28. The molecule has 1 aliphatic heterocycles. The maximum Gasteiger partial charge on any atom is 0.165 e. The molecule has 0 saturated heterocycles. The maximum absolute atomic E-state index is 11.7. The molecule has 0 unspecified atom stereocenters. The first-order chi connectivity index (χ1) is 6.68. The molecule has 0 amide bonds. The smallest absolute Gasteiger partial charge is 0.165 e. The Balaban J connectivity index is 2.33. The topological polar surface area (TPSA) is 29.1 Å². The van der Waals surface area contributed by atoms with E-state index in [1.165, 1.54) is 11.3 Å². The standard InChI is InChI=1S/C12H15NO/c1-8(2)12(14)10-3-4-11-9(7-10)5-6-13-11/h3-4,7-8,13H,5-6H2,1-2H3. The van der Waals surface area contributed by atoms with Gasteiger partial charge in [-0.25, -0.2) is 0 Å². The summed E-state index contributed by atoms with van der Waals surface area (Å²) in [5.41, 5.74) is 3.31. The van der Waals surface area contributed by atoms with Crippen molar-refractivity contribution in [3.8, 4) is 0 Å². The summed E-state index contributed by atoms with van der Waals surface area (Å²) in [6, 6.07) is 5.95. The fourth-order valence-electron chi connectivity index (χ4n) is 1.79. The van der Waals surface area contributed by atoms with Crippen LogP contribution in [-0.2, 0) is 6.42 Å².